The van der Waals surface area contributed by atoms with Gasteiger partial charge in [0, 0.05) is 6.54 Å². The Balaban J connectivity index is 3.24. The van der Waals surface area contributed by atoms with Crippen LogP contribution in [0.2, 0.25) is 0 Å². The number of hydrogen-bond acceptors (Lipinski definition) is 5. The van der Waals surface area contributed by atoms with Crippen LogP contribution in [0.3, 0.4) is 0 Å². The quantitative estimate of drug-likeness (QED) is 0.463. The highest BCUT2D eigenvalue weighted by atomic mass is 19.3. The molecule has 1 rings (SSSR count). The summed E-state index contributed by atoms with van der Waals surface area (Å²) in [6, 6.07) is 1.15. The Kier molecular flexibility index (Phi) is 5.47. The van der Waals surface area contributed by atoms with Crippen LogP contribution in [0.25, 0.3) is 0 Å². The fraction of sp³-hybridized carbons (Fsp3) is 0.364. The maximum atomic E-state index is 13.3. The molecule has 0 saturated carbocycles. The van der Waals surface area contributed by atoms with Crippen molar-refractivity contribution in [3.05, 3.63) is 33.6 Å². The van der Waals surface area contributed by atoms with E-state index in [9.17, 15) is 28.1 Å². The summed E-state index contributed by atoms with van der Waals surface area (Å²) in [5, 5.41) is 19.5. The number of rotatable bonds is 6. The number of halogens is 3. The predicted octanol–water partition coefficient (Wildman–Crippen LogP) is 1.02. The molecule has 1 aromatic rings. The maximum Gasteiger partial charge on any atom is 0.295 e. The Hall–Kier alpha value is -2.36. The van der Waals surface area contributed by atoms with Gasteiger partial charge in [0.05, 0.1) is 29.7 Å². The van der Waals surface area contributed by atoms with Gasteiger partial charge >= 0.3 is 0 Å². The van der Waals surface area contributed by atoms with Gasteiger partial charge in [0.25, 0.3) is 18.0 Å². The molecule has 0 fully saturated rings. The highest BCUT2D eigenvalue weighted by Crippen LogP contribution is 2.27. The zero-order valence-corrected chi connectivity index (χ0v) is 10.6. The van der Waals surface area contributed by atoms with E-state index in [1.165, 1.54) is 0 Å². The van der Waals surface area contributed by atoms with E-state index in [1.807, 2.05) is 0 Å². The molecule has 3 N–H and O–H groups in total. The number of nitro benzene ring substituents is 1. The van der Waals surface area contributed by atoms with Crippen molar-refractivity contribution >= 4 is 17.3 Å². The number of nitrogen functional groups attached to an aromatic ring is 1. The predicted molar refractivity (Wildman–Crippen MR) is 66.5 cm³/mol. The molecule has 21 heavy (non-hydrogen) atoms. The van der Waals surface area contributed by atoms with Gasteiger partial charge in [0.2, 0.25) is 0 Å². The molecule has 116 valence electrons. The van der Waals surface area contributed by atoms with Gasteiger partial charge in [-0.3, -0.25) is 14.9 Å². The number of hydrogen-bond donors (Lipinski definition) is 2. The molecule has 0 aliphatic rings. The summed E-state index contributed by atoms with van der Waals surface area (Å²) < 4.78 is 38.1. The number of benzene rings is 1. The van der Waals surface area contributed by atoms with Crippen LogP contribution >= 0.6 is 0 Å². The molecule has 0 atom stereocenters. The van der Waals surface area contributed by atoms with Gasteiger partial charge in [0.1, 0.15) is 11.5 Å². The molecule has 0 saturated heterocycles. The molecule has 0 spiro atoms. The van der Waals surface area contributed by atoms with E-state index in [0.29, 0.717) is 17.0 Å². The number of aliphatic hydroxyl groups excluding tert-OH is 1. The van der Waals surface area contributed by atoms with Gasteiger partial charge in [-0.1, -0.05) is 0 Å². The lowest BCUT2D eigenvalue weighted by atomic mass is 10.1. The molecule has 10 heteroatoms. The normalized spacial score (nSPS) is 10.7. The smallest absolute Gasteiger partial charge is 0.295 e. The lowest BCUT2D eigenvalue weighted by Crippen LogP contribution is -2.37. The van der Waals surface area contributed by atoms with E-state index < -0.39 is 59.7 Å². The number of aliphatic hydroxyl groups is 1. The molecule has 7 nitrogen and oxygen atoms in total. The van der Waals surface area contributed by atoms with Crippen molar-refractivity contribution in [2.45, 2.75) is 6.43 Å². The minimum atomic E-state index is -2.88. The van der Waals surface area contributed by atoms with Crippen LogP contribution < -0.4 is 5.73 Å². The molecule has 0 aromatic heterocycles. The van der Waals surface area contributed by atoms with Gasteiger partial charge in [-0.2, -0.15) is 0 Å². The highest BCUT2D eigenvalue weighted by Gasteiger charge is 2.26. The fourth-order valence-corrected chi connectivity index (χ4v) is 1.67. The van der Waals surface area contributed by atoms with Gasteiger partial charge < -0.3 is 15.7 Å². The Morgan fingerprint density at radius 2 is 2.10 bits per heavy atom. The maximum absolute atomic E-state index is 13.3. The third-order valence-electron chi connectivity index (χ3n) is 2.57. The Bertz CT molecular complexity index is 554. The first-order chi connectivity index (χ1) is 9.77. The van der Waals surface area contributed by atoms with Crippen LogP contribution in [0, 0.1) is 15.9 Å². The first kappa shape index (κ1) is 16.7. The number of amides is 1. The number of carbonyl (C=O) groups excluding carboxylic acids is 1. The SMILES string of the molecule is Nc1c(C(=O)N(CCO)CC(F)F)cc(F)cc1[N+](=O)[O-]. The van der Waals surface area contributed by atoms with E-state index >= 15 is 0 Å². The van der Waals surface area contributed by atoms with Crippen LogP contribution in [-0.4, -0.2) is 47.0 Å². The second-order valence-electron chi connectivity index (χ2n) is 4.01. The molecule has 0 heterocycles. The van der Waals surface area contributed by atoms with E-state index in [2.05, 4.69) is 0 Å². The van der Waals surface area contributed by atoms with Crippen molar-refractivity contribution < 1.29 is 28.0 Å². The Morgan fingerprint density at radius 3 is 2.57 bits per heavy atom. The summed E-state index contributed by atoms with van der Waals surface area (Å²) in [4.78, 5) is 22.3. The molecular formula is C11H12F3N3O4. The van der Waals surface area contributed by atoms with E-state index in [0.717, 1.165) is 0 Å². The van der Waals surface area contributed by atoms with Crippen LogP contribution in [-0.2, 0) is 0 Å². The summed E-state index contributed by atoms with van der Waals surface area (Å²) >= 11 is 0. The number of nitrogens with two attached hydrogens (primary N) is 1. The van der Waals surface area contributed by atoms with Crippen molar-refractivity contribution in [1.29, 1.82) is 0 Å². The Morgan fingerprint density at radius 1 is 1.48 bits per heavy atom. The second-order valence-corrected chi connectivity index (χ2v) is 4.01. The minimum absolute atomic E-state index is 0.438. The molecule has 0 aliphatic carbocycles. The summed E-state index contributed by atoms with van der Waals surface area (Å²) in [5.41, 5.74) is 3.36. The van der Waals surface area contributed by atoms with Crippen molar-refractivity contribution in [1.82, 2.24) is 4.90 Å². The molecule has 1 amide bonds. The third-order valence-corrected chi connectivity index (χ3v) is 2.57. The molecule has 0 unspecified atom stereocenters. The van der Waals surface area contributed by atoms with Gasteiger partial charge in [-0.05, 0) is 6.07 Å². The number of nitrogens with zero attached hydrogens (tertiary/aromatic N) is 2. The van der Waals surface area contributed by atoms with Crippen molar-refractivity contribution in [2.24, 2.45) is 0 Å². The number of carbonyl (C=O) groups is 1. The van der Waals surface area contributed by atoms with Crippen molar-refractivity contribution in [3.8, 4) is 0 Å². The van der Waals surface area contributed by atoms with Gasteiger partial charge in [-0.15, -0.1) is 0 Å². The Labute approximate surface area is 116 Å². The largest absolute Gasteiger partial charge is 0.395 e. The number of anilines is 1. The molecule has 0 bridgehead atoms. The third kappa shape index (κ3) is 4.05. The second kappa shape index (κ2) is 6.88. The summed E-state index contributed by atoms with van der Waals surface area (Å²) in [6.45, 7) is -2.05. The fourth-order valence-electron chi connectivity index (χ4n) is 1.67. The monoisotopic (exact) mass is 307 g/mol. The van der Waals surface area contributed by atoms with Gasteiger partial charge in [0.15, 0.2) is 0 Å². The summed E-state index contributed by atoms with van der Waals surface area (Å²) in [7, 11) is 0. The van der Waals surface area contributed by atoms with Crippen molar-refractivity contribution in [3.63, 3.8) is 0 Å². The summed E-state index contributed by atoms with van der Waals surface area (Å²) in [6.07, 6.45) is -2.88. The molecule has 1 aromatic carbocycles. The standard InChI is InChI=1S/C11H12F3N3O4/c12-6-3-7(10(15)8(4-6)17(20)21)11(19)16(1-2-18)5-9(13)14/h3-4,9,18H,1-2,5,15H2. The number of nitro groups is 1. The average Bonchev–Trinajstić information content (AvgIpc) is 2.39. The van der Waals surface area contributed by atoms with E-state index in [1.54, 1.807) is 0 Å². The van der Waals surface area contributed by atoms with Crippen LogP contribution in [0.15, 0.2) is 12.1 Å². The van der Waals surface area contributed by atoms with E-state index in [-0.39, 0.29) is 0 Å². The molecular weight excluding hydrogens is 295 g/mol. The average molecular weight is 307 g/mol. The first-order valence-corrected chi connectivity index (χ1v) is 5.69. The zero-order chi connectivity index (χ0) is 16.2. The number of alkyl halides is 2. The van der Waals surface area contributed by atoms with Crippen molar-refractivity contribution in [2.75, 3.05) is 25.4 Å². The molecule has 0 aliphatic heterocycles. The van der Waals surface area contributed by atoms with Crippen LogP contribution in [0.1, 0.15) is 10.4 Å². The lowest BCUT2D eigenvalue weighted by molar-refractivity contribution is -0.384. The first-order valence-electron chi connectivity index (χ1n) is 5.69. The molecule has 0 radical (unpaired) electrons. The van der Waals surface area contributed by atoms with E-state index in [4.69, 9.17) is 10.8 Å². The zero-order valence-electron chi connectivity index (χ0n) is 10.6. The lowest BCUT2D eigenvalue weighted by Gasteiger charge is -2.22. The topological polar surface area (TPSA) is 110 Å². The highest BCUT2D eigenvalue weighted by molar-refractivity contribution is 6.01. The van der Waals surface area contributed by atoms with Gasteiger partial charge in [-0.25, -0.2) is 13.2 Å². The minimum Gasteiger partial charge on any atom is -0.395 e. The van der Waals surface area contributed by atoms with Crippen LogP contribution in [0.4, 0.5) is 24.5 Å². The van der Waals surface area contributed by atoms with Crippen LogP contribution in [0.5, 0.6) is 0 Å². The summed E-state index contributed by atoms with van der Waals surface area (Å²) in [5.74, 6) is -2.22.